The highest BCUT2D eigenvalue weighted by molar-refractivity contribution is 5.97. The summed E-state index contributed by atoms with van der Waals surface area (Å²) in [5.41, 5.74) is 1.35. The van der Waals surface area contributed by atoms with E-state index in [0.29, 0.717) is 11.1 Å². The zero-order valence-electron chi connectivity index (χ0n) is 6.63. The summed E-state index contributed by atoms with van der Waals surface area (Å²) in [6, 6.07) is 8.20. The summed E-state index contributed by atoms with van der Waals surface area (Å²) >= 11 is 0. The van der Waals surface area contributed by atoms with Crippen LogP contribution in [-0.4, -0.2) is 5.78 Å². The van der Waals surface area contributed by atoms with Crippen LogP contribution in [0.4, 0.5) is 0 Å². The molecule has 0 spiro atoms. The number of ketones is 1. The van der Waals surface area contributed by atoms with Crippen molar-refractivity contribution in [3.8, 4) is 0 Å². The van der Waals surface area contributed by atoms with Gasteiger partial charge in [0.1, 0.15) is 5.58 Å². The molecule has 0 fully saturated rings. The number of Topliss-reactive ketones (excluding diaryl/α,β-unsaturated/α-hetero) is 1. The molecule has 1 radical (unpaired) electrons. The Kier molecular flexibility index (Phi) is 1.47. The number of carbonyl (C=O) groups is 1. The second kappa shape index (κ2) is 2.48. The molecule has 0 unspecified atom stereocenters. The molecule has 2 aromatic rings. The molecule has 0 aliphatic rings. The lowest BCUT2D eigenvalue weighted by molar-refractivity contribution is 0.101. The Morgan fingerprint density at radius 1 is 1.58 bits per heavy atom. The standard InChI is InChI=1S/C10H7O2/c1-7(11)9-3-2-8-4-5-12-10(8)6-9/h3-6H,1H3. The fourth-order valence-corrected chi connectivity index (χ4v) is 1.09. The molecule has 0 saturated heterocycles. The van der Waals surface area contributed by atoms with Crippen molar-refractivity contribution in [2.75, 3.05) is 0 Å². The van der Waals surface area contributed by atoms with Gasteiger partial charge in [0.2, 0.25) is 0 Å². The number of carbonyl (C=O) groups excluding carboxylic acids is 1. The molecule has 2 rings (SSSR count). The van der Waals surface area contributed by atoms with E-state index in [0.717, 1.165) is 5.39 Å². The fraction of sp³-hybridized carbons (Fsp3) is 0.100. The first-order valence-electron chi connectivity index (χ1n) is 3.67. The number of hydrogen-bond acceptors (Lipinski definition) is 2. The van der Waals surface area contributed by atoms with E-state index in [1.54, 1.807) is 18.4 Å². The second-order valence-corrected chi connectivity index (χ2v) is 2.64. The van der Waals surface area contributed by atoms with E-state index < -0.39 is 0 Å². The van der Waals surface area contributed by atoms with Gasteiger partial charge in [0.25, 0.3) is 0 Å². The van der Waals surface area contributed by atoms with Gasteiger partial charge in [-0.05, 0) is 31.2 Å². The van der Waals surface area contributed by atoms with Crippen molar-refractivity contribution in [3.05, 3.63) is 36.1 Å². The first kappa shape index (κ1) is 7.10. The number of fused-ring (bicyclic) bond motifs is 1. The largest absolute Gasteiger partial charge is 0.464 e. The van der Waals surface area contributed by atoms with Crippen molar-refractivity contribution in [1.29, 1.82) is 0 Å². The van der Waals surface area contributed by atoms with E-state index in [9.17, 15) is 4.79 Å². The monoisotopic (exact) mass is 159 g/mol. The van der Waals surface area contributed by atoms with Gasteiger partial charge in [0.05, 0.1) is 6.26 Å². The molecule has 0 bridgehead atoms. The summed E-state index contributed by atoms with van der Waals surface area (Å²) in [7, 11) is 0. The van der Waals surface area contributed by atoms with E-state index in [4.69, 9.17) is 4.42 Å². The molecule has 1 aromatic heterocycles. The molecule has 59 valence electrons. The first-order valence-corrected chi connectivity index (χ1v) is 3.67. The van der Waals surface area contributed by atoms with Crippen LogP contribution in [-0.2, 0) is 0 Å². The number of benzene rings is 1. The Morgan fingerprint density at radius 3 is 3.17 bits per heavy atom. The van der Waals surface area contributed by atoms with Crippen molar-refractivity contribution in [2.45, 2.75) is 6.92 Å². The van der Waals surface area contributed by atoms with Crippen LogP contribution in [0.3, 0.4) is 0 Å². The van der Waals surface area contributed by atoms with E-state index in [2.05, 4.69) is 6.07 Å². The third kappa shape index (κ3) is 1.01. The van der Waals surface area contributed by atoms with Gasteiger partial charge in [0.15, 0.2) is 5.78 Å². The van der Waals surface area contributed by atoms with Crippen molar-refractivity contribution < 1.29 is 9.21 Å². The van der Waals surface area contributed by atoms with Gasteiger partial charge >= 0.3 is 0 Å². The Bertz CT molecular complexity index is 426. The zero-order chi connectivity index (χ0) is 8.55. The fourth-order valence-electron chi connectivity index (χ4n) is 1.09. The highest BCUT2D eigenvalue weighted by atomic mass is 16.3. The lowest BCUT2D eigenvalue weighted by Gasteiger charge is -1.92. The Hall–Kier alpha value is -1.57. The summed E-state index contributed by atoms with van der Waals surface area (Å²) in [5, 5.41) is 0.903. The zero-order valence-corrected chi connectivity index (χ0v) is 6.63. The van der Waals surface area contributed by atoms with Gasteiger partial charge < -0.3 is 4.42 Å². The summed E-state index contributed by atoms with van der Waals surface area (Å²) in [4.78, 5) is 10.9. The van der Waals surface area contributed by atoms with Crippen molar-refractivity contribution in [1.82, 2.24) is 0 Å². The summed E-state index contributed by atoms with van der Waals surface area (Å²) < 4.78 is 5.13. The molecule has 2 heteroatoms. The van der Waals surface area contributed by atoms with Gasteiger partial charge in [-0.15, -0.1) is 0 Å². The molecule has 0 saturated carbocycles. The number of hydrogen-bond donors (Lipinski definition) is 0. The minimum absolute atomic E-state index is 0.0320. The molecular formula is C10H7O2. The molecule has 0 atom stereocenters. The van der Waals surface area contributed by atoms with Gasteiger partial charge in [-0.3, -0.25) is 4.79 Å². The van der Waals surface area contributed by atoms with Crippen molar-refractivity contribution in [3.63, 3.8) is 0 Å². The second-order valence-electron chi connectivity index (χ2n) is 2.64. The predicted octanol–water partition coefficient (Wildman–Crippen LogP) is 2.44. The van der Waals surface area contributed by atoms with Crippen LogP contribution in [0.1, 0.15) is 17.3 Å². The molecule has 0 aliphatic carbocycles. The molecule has 1 heterocycles. The normalized spacial score (nSPS) is 10.4. The molecule has 12 heavy (non-hydrogen) atoms. The molecule has 0 aliphatic heterocycles. The maximum Gasteiger partial charge on any atom is 0.159 e. The summed E-state index contributed by atoms with van der Waals surface area (Å²) in [6.45, 7) is 1.53. The van der Waals surface area contributed by atoms with Crippen LogP contribution in [0.5, 0.6) is 0 Å². The van der Waals surface area contributed by atoms with E-state index >= 15 is 0 Å². The average Bonchev–Trinajstić information content (AvgIpc) is 2.49. The lowest BCUT2D eigenvalue weighted by Crippen LogP contribution is -1.89. The lowest BCUT2D eigenvalue weighted by atomic mass is 10.1. The molecular weight excluding hydrogens is 152 g/mol. The maximum absolute atomic E-state index is 10.9. The van der Waals surface area contributed by atoms with Crippen molar-refractivity contribution >= 4 is 16.8 Å². The van der Waals surface area contributed by atoms with E-state index in [1.807, 2.05) is 6.07 Å². The van der Waals surface area contributed by atoms with Gasteiger partial charge in [0, 0.05) is 10.9 Å². The van der Waals surface area contributed by atoms with Crippen LogP contribution in [0.25, 0.3) is 11.0 Å². The smallest absolute Gasteiger partial charge is 0.159 e. The quantitative estimate of drug-likeness (QED) is 0.598. The van der Waals surface area contributed by atoms with Crippen molar-refractivity contribution in [2.24, 2.45) is 0 Å². The number of rotatable bonds is 1. The maximum atomic E-state index is 10.9. The Labute approximate surface area is 69.8 Å². The van der Waals surface area contributed by atoms with E-state index in [-0.39, 0.29) is 5.78 Å². The Balaban J connectivity index is 2.68. The van der Waals surface area contributed by atoms with Crippen LogP contribution in [0, 0.1) is 6.07 Å². The Morgan fingerprint density at radius 2 is 2.42 bits per heavy atom. The molecule has 0 amide bonds. The summed E-state index contributed by atoms with van der Waals surface area (Å²) in [5.74, 6) is 0.0320. The molecule has 1 aromatic carbocycles. The average molecular weight is 159 g/mol. The summed E-state index contributed by atoms with van der Waals surface area (Å²) in [6.07, 6.45) is 1.59. The van der Waals surface area contributed by atoms with Crippen LogP contribution in [0.2, 0.25) is 0 Å². The third-order valence-corrected chi connectivity index (χ3v) is 1.77. The minimum atomic E-state index is 0.0320. The van der Waals surface area contributed by atoms with Crippen LogP contribution in [0.15, 0.2) is 28.9 Å². The van der Waals surface area contributed by atoms with Crippen LogP contribution < -0.4 is 0 Å². The third-order valence-electron chi connectivity index (χ3n) is 1.77. The number of furan rings is 1. The molecule has 2 nitrogen and oxygen atoms in total. The van der Waals surface area contributed by atoms with Gasteiger partial charge in [-0.2, -0.15) is 0 Å². The SMILES string of the molecule is CC(=O)c1c[c]c2ccoc2c1. The van der Waals surface area contributed by atoms with Gasteiger partial charge in [-0.25, -0.2) is 0 Å². The van der Waals surface area contributed by atoms with Gasteiger partial charge in [-0.1, -0.05) is 0 Å². The predicted molar refractivity (Wildman–Crippen MR) is 45.1 cm³/mol. The topological polar surface area (TPSA) is 30.2 Å². The molecule has 0 N–H and O–H groups in total. The highest BCUT2D eigenvalue weighted by Crippen LogP contribution is 2.16. The first-order chi connectivity index (χ1) is 5.77. The minimum Gasteiger partial charge on any atom is -0.464 e. The van der Waals surface area contributed by atoms with Crippen LogP contribution >= 0.6 is 0 Å². The van der Waals surface area contributed by atoms with E-state index in [1.165, 1.54) is 6.92 Å². The highest BCUT2D eigenvalue weighted by Gasteiger charge is 2.02.